The van der Waals surface area contributed by atoms with Gasteiger partial charge in [-0.2, -0.15) is 0 Å². The average Bonchev–Trinajstić information content (AvgIpc) is 2.70. The molecule has 2 heterocycles. The fraction of sp³-hybridized carbons (Fsp3) is 0.385. The number of rotatable bonds is 2. The Morgan fingerprint density at radius 1 is 1.39 bits per heavy atom. The van der Waals surface area contributed by atoms with Crippen LogP contribution in [0, 0.1) is 0 Å². The fourth-order valence-corrected chi connectivity index (χ4v) is 3.56. The zero-order valence-corrected chi connectivity index (χ0v) is 11.4. The van der Waals surface area contributed by atoms with Crippen molar-refractivity contribution in [1.29, 1.82) is 0 Å². The lowest BCUT2D eigenvalue weighted by Crippen LogP contribution is -2.36. The Bertz CT molecular complexity index is 500. The van der Waals surface area contributed by atoms with Gasteiger partial charge in [0.1, 0.15) is 0 Å². The number of fused-ring (bicyclic) bond motifs is 1. The van der Waals surface area contributed by atoms with Crippen LogP contribution in [0.2, 0.25) is 5.02 Å². The van der Waals surface area contributed by atoms with Crippen LogP contribution in [0.15, 0.2) is 29.3 Å². The molecule has 0 spiro atoms. The van der Waals surface area contributed by atoms with Gasteiger partial charge < -0.3 is 0 Å². The average molecular weight is 281 g/mol. The summed E-state index contributed by atoms with van der Waals surface area (Å²) in [5.74, 6) is 0.202. The summed E-state index contributed by atoms with van der Waals surface area (Å²) in [5, 5.41) is 1.61. The highest BCUT2D eigenvalue weighted by molar-refractivity contribution is 8.15. The van der Waals surface area contributed by atoms with Crippen molar-refractivity contribution >= 4 is 34.4 Å². The number of thioether (sulfide) groups is 1. The second kappa shape index (κ2) is 4.94. The summed E-state index contributed by atoms with van der Waals surface area (Å²) in [6, 6.07) is 7.70. The van der Waals surface area contributed by atoms with Crippen molar-refractivity contribution in [3.8, 4) is 0 Å². The summed E-state index contributed by atoms with van der Waals surface area (Å²) in [6.07, 6.45) is 1.72. The van der Waals surface area contributed by atoms with Crippen LogP contribution in [0.25, 0.3) is 0 Å². The molecule has 3 rings (SSSR count). The van der Waals surface area contributed by atoms with E-state index in [0.29, 0.717) is 0 Å². The third-order valence-corrected chi connectivity index (χ3v) is 4.61. The van der Waals surface area contributed by atoms with Crippen molar-refractivity contribution in [3.63, 3.8) is 0 Å². The van der Waals surface area contributed by atoms with E-state index in [4.69, 9.17) is 11.6 Å². The molecule has 0 bridgehead atoms. The van der Waals surface area contributed by atoms with Crippen LogP contribution >= 0.6 is 23.4 Å². The summed E-state index contributed by atoms with van der Waals surface area (Å²) < 4.78 is 0. The maximum Gasteiger partial charge on any atom is 0.242 e. The lowest BCUT2D eigenvalue weighted by atomic mass is 10.1. The van der Waals surface area contributed by atoms with Gasteiger partial charge >= 0.3 is 0 Å². The molecule has 94 valence electrons. The number of aliphatic imine (C=N–C) groups is 1. The molecular formula is C13H13ClN2OS. The van der Waals surface area contributed by atoms with Crippen LogP contribution in [-0.4, -0.2) is 34.3 Å². The van der Waals surface area contributed by atoms with Gasteiger partial charge in [0.05, 0.1) is 5.25 Å². The molecule has 18 heavy (non-hydrogen) atoms. The smallest absolute Gasteiger partial charge is 0.242 e. The number of halogens is 1. The molecule has 2 aliphatic heterocycles. The Labute approximate surface area is 115 Å². The lowest BCUT2D eigenvalue weighted by molar-refractivity contribution is -0.126. The summed E-state index contributed by atoms with van der Waals surface area (Å²) in [4.78, 5) is 18.4. The zero-order chi connectivity index (χ0) is 12.5. The number of hydrogen-bond acceptors (Lipinski definition) is 3. The van der Waals surface area contributed by atoms with Gasteiger partial charge in [-0.05, 0) is 30.5 Å². The van der Waals surface area contributed by atoms with Gasteiger partial charge in [0.2, 0.25) is 5.91 Å². The van der Waals surface area contributed by atoms with E-state index in [1.807, 2.05) is 29.2 Å². The third kappa shape index (κ3) is 2.27. The summed E-state index contributed by atoms with van der Waals surface area (Å²) >= 11 is 7.45. The lowest BCUT2D eigenvalue weighted by Gasteiger charge is -2.19. The molecule has 5 heteroatoms. The number of carbonyl (C=O) groups excluding carboxylic acids is 1. The minimum absolute atomic E-state index is 0.0250. The fourth-order valence-electron chi connectivity index (χ4n) is 2.20. The number of nitrogens with zero attached hydrogens (tertiary/aromatic N) is 2. The second-order valence-corrected chi connectivity index (χ2v) is 6.05. The van der Waals surface area contributed by atoms with Crippen LogP contribution in [0.5, 0.6) is 0 Å². The number of benzene rings is 1. The van der Waals surface area contributed by atoms with E-state index in [1.54, 1.807) is 11.8 Å². The van der Waals surface area contributed by atoms with Gasteiger partial charge in [0, 0.05) is 18.1 Å². The predicted octanol–water partition coefficient (Wildman–Crippen LogP) is 2.59. The van der Waals surface area contributed by atoms with Crippen LogP contribution < -0.4 is 0 Å². The normalized spacial score (nSPS) is 22.9. The van der Waals surface area contributed by atoms with Gasteiger partial charge in [-0.15, -0.1) is 0 Å². The van der Waals surface area contributed by atoms with Crippen molar-refractivity contribution < 1.29 is 4.79 Å². The Hall–Kier alpha value is -1.00. The van der Waals surface area contributed by atoms with Crippen molar-refractivity contribution in [1.82, 2.24) is 4.90 Å². The quantitative estimate of drug-likeness (QED) is 0.834. The molecule has 1 aromatic rings. The van der Waals surface area contributed by atoms with E-state index < -0.39 is 0 Å². The van der Waals surface area contributed by atoms with Crippen molar-refractivity contribution in [2.75, 3.05) is 13.1 Å². The number of carbonyl (C=O) groups is 1. The minimum Gasteiger partial charge on any atom is -0.291 e. The molecule has 1 aromatic carbocycles. The molecule has 3 nitrogen and oxygen atoms in total. The second-order valence-electron chi connectivity index (χ2n) is 4.44. The maximum atomic E-state index is 12.2. The van der Waals surface area contributed by atoms with E-state index in [1.165, 1.54) is 0 Å². The Balaban J connectivity index is 1.74. The minimum atomic E-state index is -0.0250. The standard InChI is InChI=1S/C13H13ClN2OS/c14-10-4-2-9(3-5-10)8-11-12(17)16-7-1-6-15-13(16)18-11/h2-5,11H,1,6-8H2/t11-/m0/s1. The predicted molar refractivity (Wildman–Crippen MR) is 75.2 cm³/mol. The highest BCUT2D eigenvalue weighted by Crippen LogP contribution is 2.31. The molecule has 0 N–H and O–H groups in total. The first kappa shape index (κ1) is 12.1. The van der Waals surface area contributed by atoms with Gasteiger partial charge in [-0.1, -0.05) is 35.5 Å². The van der Waals surface area contributed by atoms with E-state index in [-0.39, 0.29) is 11.2 Å². The number of hydrogen-bond donors (Lipinski definition) is 0. The van der Waals surface area contributed by atoms with Crippen LogP contribution in [0.3, 0.4) is 0 Å². The van der Waals surface area contributed by atoms with Crippen molar-refractivity contribution in [2.24, 2.45) is 4.99 Å². The summed E-state index contributed by atoms with van der Waals surface area (Å²) in [5.41, 5.74) is 1.14. The molecule has 0 radical (unpaired) electrons. The molecule has 0 unspecified atom stereocenters. The van der Waals surface area contributed by atoms with E-state index in [0.717, 1.165) is 41.7 Å². The van der Waals surface area contributed by atoms with Crippen molar-refractivity contribution in [3.05, 3.63) is 34.9 Å². The Morgan fingerprint density at radius 3 is 2.89 bits per heavy atom. The molecule has 1 saturated heterocycles. The van der Waals surface area contributed by atoms with Gasteiger partial charge in [0.15, 0.2) is 5.17 Å². The van der Waals surface area contributed by atoms with Gasteiger partial charge in [-0.3, -0.25) is 14.7 Å². The summed E-state index contributed by atoms with van der Waals surface area (Å²) in [6.45, 7) is 1.67. The molecule has 0 aliphatic carbocycles. The van der Waals surface area contributed by atoms with Crippen LogP contribution in [-0.2, 0) is 11.2 Å². The molecule has 1 fully saturated rings. The molecule has 2 aliphatic rings. The van der Waals surface area contributed by atoms with Crippen molar-refractivity contribution in [2.45, 2.75) is 18.1 Å². The molecule has 0 saturated carbocycles. The maximum absolute atomic E-state index is 12.2. The SMILES string of the molecule is O=C1[C@H](Cc2ccc(Cl)cc2)SC2=NCCCN12. The molecule has 1 atom stereocenters. The zero-order valence-electron chi connectivity index (χ0n) is 9.80. The number of amidine groups is 1. The van der Waals surface area contributed by atoms with E-state index in [2.05, 4.69) is 4.99 Å². The Kier molecular flexibility index (Phi) is 3.31. The van der Waals surface area contributed by atoms with E-state index in [9.17, 15) is 4.79 Å². The van der Waals surface area contributed by atoms with Gasteiger partial charge in [-0.25, -0.2) is 0 Å². The highest BCUT2D eigenvalue weighted by Gasteiger charge is 2.38. The first-order chi connectivity index (χ1) is 8.74. The topological polar surface area (TPSA) is 32.7 Å². The monoisotopic (exact) mass is 280 g/mol. The molecule has 1 amide bonds. The van der Waals surface area contributed by atoms with E-state index >= 15 is 0 Å². The third-order valence-electron chi connectivity index (χ3n) is 3.14. The number of amides is 1. The van der Waals surface area contributed by atoms with Crippen LogP contribution in [0.4, 0.5) is 0 Å². The molecule has 0 aromatic heterocycles. The summed E-state index contributed by atoms with van der Waals surface area (Å²) in [7, 11) is 0. The van der Waals surface area contributed by atoms with Gasteiger partial charge in [0.25, 0.3) is 0 Å². The first-order valence-electron chi connectivity index (χ1n) is 6.01. The highest BCUT2D eigenvalue weighted by atomic mass is 35.5. The first-order valence-corrected chi connectivity index (χ1v) is 7.27. The van der Waals surface area contributed by atoms with Crippen LogP contribution in [0.1, 0.15) is 12.0 Å². The largest absolute Gasteiger partial charge is 0.291 e. The Morgan fingerprint density at radius 2 is 2.17 bits per heavy atom. The molecular weight excluding hydrogens is 268 g/mol.